The lowest BCUT2D eigenvalue weighted by Crippen LogP contribution is -2.37. The zero-order valence-corrected chi connectivity index (χ0v) is 13.1. The summed E-state index contributed by atoms with van der Waals surface area (Å²) in [4.78, 5) is 23.8. The standard InChI is InChI=1S/C15H18Cl2N2O2/c16-11-6-7-13(12(17)8-11)19-14(20)9-18-15(21)10-4-2-1-3-5-10/h6-8,10H,1-5,9H2,(H,18,21)(H,19,20). The molecule has 0 unspecified atom stereocenters. The maximum Gasteiger partial charge on any atom is 0.243 e. The first-order valence-corrected chi connectivity index (χ1v) is 7.84. The molecule has 4 nitrogen and oxygen atoms in total. The highest BCUT2D eigenvalue weighted by Gasteiger charge is 2.21. The van der Waals surface area contributed by atoms with Gasteiger partial charge in [0.1, 0.15) is 0 Å². The van der Waals surface area contributed by atoms with Crippen molar-refractivity contribution in [1.29, 1.82) is 0 Å². The summed E-state index contributed by atoms with van der Waals surface area (Å²) in [5, 5.41) is 6.21. The SMILES string of the molecule is O=C(CNC(=O)C1CCCCC1)Nc1ccc(Cl)cc1Cl. The Bertz CT molecular complexity index is 528. The van der Waals surface area contributed by atoms with Gasteiger partial charge in [-0.05, 0) is 31.0 Å². The summed E-state index contributed by atoms with van der Waals surface area (Å²) in [6.07, 6.45) is 5.20. The maximum atomic E-state index is 11.9. The number of carbonyl (C=O) groups excluding carboxylic acids is 2. The molecule has 1 aromatic rings. The minimum Gasteiger partial charge on any atom is -0.347 e. The molecule has 1 saturated carbocycles. The van der Waals surface area contributed by atoms with Crippen molar-refractivity contribution in [3.63, 3.8) is 0 Å². The van der Waals surface area contributed by atoms with Gasteiger partial charge < -0.3 is 10.6 Å². The van der Waals surface area contributed by atoms with Crippen molar-refractivity contribution in [1.82, 2.24) is 5.32 Å². The van der Waals surface area contributed by atoms with Crippen LogP contribution in [-0.4, -0.2) is 18.4 Å². The molecular formula is C15H18Cl2N2O2. The van der Waals surface area contributed by atoms with Crippen LogP contribution in [-0.2, 0) is 9.59 Å². The summed E-state index contributed by atoms with van der Waals surface area (Å²) in [5.41, 5.74) is 0.484. The van der Waals surface area contributed by atoms with E-state index in [4.69, 9.17) is 23.2 Å². The van der Waals surface area contributed by atoms with Gasteiger partial charge in [0.05, 0.1) is 17.3 Å². The Kier molecular flexibility index (Phi) is 5.88. The topological polar surface area (TPSA) is 58.2 Å². The second-order valence-corrected chi connectivity index (χ2v) is 6.07. The van der Waals surface area contributed by atoms with Gasteiger partial charge in [0.2, 0.25) is 11.8 Å². The van der Waals surface area contributed by atoms with Gasteiger partial charge in [-0.2, -0.15) is 0 Å². The molecule has 0 spiro atoms. The predicted octanol–water partition coefficient (Wildman–Crippen LogP) is 3.63. The van der Waals surface area contributed by atoms with Gasteiger partial charge in [0, 0.05) is 10.9 Å². The van der Waals surface area contributed by atoms with Crippen LogP contribution in [0.25, 0.3) is 0 Å². The third kappa shape index (κ3) is 4.90. The fraction of sp³-hybridized carbons (Fsp3) is 0.467. The molecule has 2 amide bonds. The van der Waals surface area contributed by atoms with Crippen molar-refractivity contribution in [3.8, 4) is 0 Å². The van der Waals surface area contributed by atoms with Gasteiger partial charge in [0.15, 0.2) is 0 Å². The van der Waals surface area contributed by atoms with Crippen molar-refractivity contribution >= 4 is 40.7 Å². The molecule has 2 N–H and O–H groups in total. The minimum absolute atomic E-state index is 0.0351. The lowest BCUT2D eigenvalue weighted by Gasteiger charge is -2.20. The molecule has 114 valence electrons. The number of nitrogens with one attached hydrogen (secondary N) is 2. The van der Waals surface area contributed by atoms with Crippen LogP contribution in [0.4, 0.5) is 5.69 Å². The quantitative estimate of drug-likeness (QED) is 0.886. The van der Waals surface area contributed by atoms with Gasteiger partial charge in [-0.25, -0.2) is 0 Å². The Labute approximate surface area is 134 Å². The monoisotopic (exact) mass is 328 g/mol. The molecule has 21 heavy (non-hydrogen) atoms. The Morgan fingerprint density at radius 3 is 2.52 bits per heavy atom. The molecule has 0 atom stereocenters. The van der Waals surface area contributed by atoms with Crippen molar-refractivity contribution in [3.05, 3.63) is 28.2 Å². The molecule has 6 heteroatoms. The fourth-order valence-electron chi connectivity index (χ4n) is 2.46. The van der Waals surface area contributed by atoms with E-state index in [9.17, 15) is 9.59 Å². The first-order chi connectivity index (χ1) is 10.1. The summed E-state index contributed by atoms with van der Waals surface area (Å²) in [6, 6.07) is 4.83. The van der Waals surface area contributed by atoms with Gasteiger partial charge in [-0.3, -0.25) is 9.59 Å². The number of rotatable bonds is 4. The lowest BCUT2D eigenvalue weighted by molar-refractivity contribution is -0.128. The summed E-state index contributed by atoms with van der Waals surface area (Å²) >= 11 is 11.8. The number of benzene rings is 1. The Balaban J connectivity index is 1.80. The Hall–Kier alpha value is -1.26. The Morgan fingerprint density at radius 2 is 1.86 bits per heavy atom. The number of hydrogen-bond acceptors (Lipinski definition) is 2. The highest BCUT2D eigenvalue weighted by atomic mass is 35.5. The second kappa shape index (κ2) is 7.66. The molecule has 2 rings (SSSR count). The van der Waals surface area contributed by atoms with Crippen LogP contribution in [0.2, 0.25) is 10.0 Å². The van der Waals surface area contributed by atoms with E-state index < -0.39 is 0 Å². The van der Waals surface area contributed by atoms with Crippen molar-refractivity contribution < 1.29 is 9.59 Å². The molecule has 1 aromatic carbocycles. The molecule has 0 aromatic heterocycles. The first-order valence-electron chi connectivity index (χ1n) is 7.09. The van der Waals surface area contributed by atoms with Crippen molar-refractivity contribution in [2.75, 3.05) is 11.9 Å². The second-order valence-electron chi connectivity index (χ2n) is 5.23. The van der Waals surface area contributed by atoms with Crippen LogP contribution in [0, 0.1) is 5.92 Å². The van der Waals surface area contributed by atoms with E-state index >= 15 is 0 Å². The number of amides is 2. The molecule has 0 heterocycles. The molecule has 1 fully saturated rings. The number of halogens is 2. The lowest BCUT2D eigenvalue weighted by atomic mass is 9.89. The van der Waals surface area contributed by atoms with Crippen molar-refractivity contribution in [2.24, 2.45) is 5.92 Å². The van der Waals surface area contributed by atoms with Gasteiger partial charge in [0.25, 0.3) is 0 Å². The summed E-state index contributed by atoms with van der Waals surface area (Å²) in [5.74, 6) is -0.291. The van der Waals surface area contributed by atoms with Gasteiger partial charge in [-0.15, -0.1) is 0 Å². The van der Waals surface area contributed by atoms with E-state index in [1.54, 1.807) is 18.2 Å². The molecule has 1 aliphatic rings. The number of carbonyl (C=O) groups is 2. The third-order valence-electron chi connectivity index (χ3n) is 3.60. The van der Waals surface area contributed by atoms with Crippen LogP contribution >= 0.6 is 23.2 Å². The third-order valence-corrected chi connectivity index (χ3v) is 4.15. The minimum atomic E-state index is -0.302. The molecule has 1 aliphatic carbocycles. The number of hydrogen-bond donors (Lipinski definition) is 2. The van der Waals surface area contributed by atoms with E-state index in [0.717, 1.165) is 25.7 Å². The summed E-state index contributed by atoms with van der Waals surface area (Å²) < 4.78 is 0. The smallest absolute Gasteiger partial charge is 0.243 e. The fourth-order valence-corrected chi connectivity index (χ4v) is 2.92. The zero-order chi connectivity index (χ0) is 15.2. The first kappa shape index (κ1) is 16.1. The highest BCUT2D eigenvalue weighted by Crippen LogP contribution is 2.25. The molecule has 0 saturated heterocycles. The van der Waals surface area contributed by atoms with E-state index in [0.29, 0.717) is 15.7 Å². The molecule has 0 radical (unpaired) electrons. The largest absolute Gasteiger partial charge is 0.347 e. The maximum absolute atomic E-state index is 11.9. The van der Waals surface area contributed by atoms with Crippen LogP contribution in [0.15, 0.2) is 18.2 Å². The van der Waals surface area contributed by atoms with Gasteiger partial charge >= 0.3 is 0 Å². The average molecular weight is 329 g/mol. The summed E-state index contributed by atoms with van der Waals surface area (Å²) in [7, 11) is 0. The molecule has 0 bridgehead atoms. The van der Waals surface area contributed by atoms with Crippen LogP contribution in [0.5, 0.6) is 0 Å². The highest BCUT2D eigenvalue weighted by molar-refractivity contribution is 6.36. The van der Waals surface area contributed by atoms with E-state index in [1.807, 2.05) is 0 Å². The van der Waals surface area contributed by atoms with Crippen molar-refractivity contribution in [2.45, 2.75) is 32.1 Å². The van der Waals surface area contributed by atoms with Gasteiger partial charge in [-0.1, -0.05) is 42.5 Å². The molecular weight excluding hydrogens is 311 g/mol. The zero-order valence-electron chi connectivity index (χ0n) is 11.6. The van der Waals surface area contributed by atoms with Crippen LogP contribution < -0.4 is 10.6 Å². The van der Waals surface area contributed by atoms with E-state index in [2.05, 4.69) is 10.6 Å². The average Bonchev–Trinajstić information content (AvgIpc) is 2.48. The summed E-state index contributed by atoms with van der Waals surface area (Å²) in [6.45, 7) is -0.0473. The van der Waals surface area contributed by atoms with E-state index in [1.165, 1.54) is 6.42 Å². The van der Waals surface area contributed by atoms with Crippen LogP contribution in [0.3, 0.4) is 0 Å². The van der Waals surface area contributed by atoms with Crippen LogP contribution in [0.1, 0.15) is 32.1 Å². The Morgan fingerprint density at radius 1 is 1.14 bits per heavy atom. The van der Waals surface area contributed by atoms with E-state index in [-0.39, 0.29) is 24.3 Å². The predicted molar refractivity (Wildman–Crippen MR) is 84.7 cm³/mol. The normalized spacial score (nSPS) is 15.5. The molecule has 0 aliphatic heterocycles. The number of anilines is 1.